The summed E-state index contributed by atoms with van der Waals surface area (Å²) < 4.78 is 46.1. The number of alkyl halides is 3. The van der Waals surface area contributed by atoms with Crippen molar-refractivity contribution < 1.29 is 17.9 Å². The third-order valence-corrected chi connectivity index (χ3v) is 4.38. The lowest BCUT2D eigenvalue weighted by Crippen LogP contribution is -2.47. The molecule has 1 aromatic carbocycles. The summed E-state index contributed by atoms with van der Waals surface area (Å²) in [7, 11) is 3.50. The molecule has 1 unspecified atom stereocenters. The van der Waals surface area contributed by atoms with Crippen LogP contribution in [0.5, 0.6) is 0 Å². The van der Waals surface area contributed by atoms with Crippen LogP contribution < -0.4 is 5.32 Å². The highest BCUT2D eigenvalue weighted by atomic mass is 127. The van der Waals surface area contributed by atoms with E-state index in [9.17, 15) is 13.2 Å². The summed E-state index contributed by atoms with van der Waals surface area (Å²) in [5.74, 6) is 0.629. The van der Waals surface area contributed by atoms with Gasteiger partial charge in [-0.3, -0.25) is 9.67 Å². The second kappa shape index (κ2) is 9.59. The Kier molecular flexibility index (Phi) is 7.70. The Bertz CT molecular complexity index is 809. The zero-order valence-electron chi connectivity index (χ0n) is 15.6. The van der Waals surface area contributed by atoms with Crippen molar-refractivity contribution in [3.63, 3.8) is 0 Å². The molecule has 3 rings (SSSR count). The minimum atomic E-state index is -4.35. The van der Waals surface area contributed by atoms with Gasteiger partial charge in [0.25, 0.3) is 0 Å². The molecule has 0 spiro atoms. The molecule has 1 aliphatic heterocycles. The van der Waals surface area contributed by atoms with E-state index in [4.69, 9.17) is 4.74 Å². The lowest BCUT2D eigenvalue weighted by molar-refractivity contribution is -0.137. The number of nitrogens with zero attached hydrogens (tertiary/aromatic N) is 4. The van der Waals surface area contributed by atoms with Crippen LogP contribution >= 0.6 is 24.0 Å². The maximum atomic E-state index is 12.9. The summed E-state index contributed by atoms with van der Waals surface area (Å²) in [5.41, 5.74) is 0.873. The van der Waals surface area contributed by atoms with E-state index < -0.39 is 11.7 Å². The molecule has 0 saturated carbocycles. The zero-order chi connectivity index (χ0) is 19.4. The van der Waals surface area contributed by atoms with Gasteiger partial charge in [0.05, 0.1) is 24.9 Å². The van der Waals surface area contributed by atoms with E-state index in [-0.39, 0.29) is 36.6 Å². The number of nitrogens with one attached hydrogen (secondary N) is 1. The predicted molar refractivity (Wildman–Crippen MR) is 111 cm³/mol. The fourth-order valence-electron chi connectivity index (χ4n) is 3.02. The number of aryl methyl sites for hydroxylation is 1. The van der Waals surface area contributed by atoms with Crippen LogP contribution in [-0.2, 0) is 24.5 Å². The maximum Gasteiger partial charge on any atom is 0.416 e. The number of ether oxygens (including phenoxy) is 1. The number of hydrogen-bond acceptors (Lipinski definition) is 3. The standard InChI is InChI=1S/C18H22F3N5O.HI/c1-22-17(23-9-13-4-3-5-15(8-13)18(19,20)21)26-6-7-27-16(12-26)14-10-24-25(2)11-14;/h3-5,8,10-11,16H,6-7,9,12H2,1-2H3,(H,22,23);1H. The minimum absolute atomic E-state index is 0. The van der Waals surface area contributed by atoms with Crippen molar-refractivity contribution >= 4 is 29.9 Å². The van der Waals surface area contributed by atoms with E-state index in [1.807, 2.05) is 18.1 Å². The Morgan fingerprint density at radius 2 is 2.18 bits per heavy atom. The molecule has 154 valence electrons. The van der Waals surface area contributed by atoms with E-state index in [1.165, 1.54) is 6.07 Å². The number of aromatic nitrogens is 2. The van der Waals surface area contributed by atoms with Crippen molar-refractivity contribution in [3.8, 4) is 0 Å². The van der Waals surface area contributed by atoms with E-state index in [1.54, 1.807) is 24.0 Å². The number of aliphatic imine (C=N–C) groups is 1. The quantitative estimate of drug-likeness (QED) is 0.393. The summed E-state index contributed by atoms with van der Waals surface area (Å²) in [5, 5.41) is 7.31. The monoisotopic (exact) mass is 509 g/mol. The van der Waals surface area contributed by atoms with Crippen LogP contribution in [0.1, 0.15) is 22.8 Å². The normalized spacial score (nSPS) is 18.0. The average molecular weight is 509 g/mol. The van der Waals surface area contributed by atoms with Crippen LogP contribution in [0.25, 0.3) is 0 Å². The molecule has 1 aromatic heterocycles. The first kappa shape index (κ1) is 22.5. The maximum absolute atomic E-state index is 12.9. The molecule has 2 aromatic rings. The van der Waals surface area contributed by atoms with E-state index in [0.717, 1.165) is 17.7 Å². The number of morpholine rings is 1. The number of guanidine groups is 1. The van der Waals surface area contributed by atoms with Crippen molar-refractivity contribution in [2.75, 3.05) is 26.7 Å². The number of halogens is 4. The molecule has 2 heterocycles. The van der Waals surface area contributed by atoms with E-state index in [0.29, 0.717) is 31.2 Å². The van der Waals surface area contributed by atoms with Gasteiger partial charge >= 0.3 is 6.18 Å². The van der Waals surface area contributed by atoms with Crippen molar-refractivity contribution in [3.05, 3.63) is 53.3 Å². The van der Waals surface area contributed by atoms with Gasteiger partial charge in [0, 0.05) is 38.9 Å². The minimum Gasteiger partial charge on any atom is -0.370 e. The van der Waals surface area contributed by atoms with Crippen molar-refractivity contribution in [2.24, 2.45) is 12.0 Å². The smallest absolute Gasteiger partial charge is 0.370 e. The van der Waals surface area contributed by atoms with Gasteiger partial charge in [0.2, 0.25) is 0 Å². The summed E-state index contributed by atoms with van der Waals surface area (Å²) in [4.78, 5) is 6.30. The molecule has 1 saturated heterocycles. The van der Waals surface area contributed by atoms with Gasteiger partial charge in [0.15, 0.2) is 5.96 Å². The highest BCUT2D eigenvalue weighted by Gasteiger charge is 2.30. The summed E-state index contributed by atoms with van der Waals surface area (Å²) in [6, 6.07) is 5.29. The highest BCUT2D eigenvalue weighted by molar-refractivity contribution is 14.0. The molecule has 0 radical (unpaired) electrons. The second-order valence-electron chi connectivity index (χ2n) is 6.35. The van der Waals surface area contributed by atoms with Crippen LogP contribution in [0.4, 0.5) is 13.2 Å². The van der Waals surface area contributed by atoms with Crippen LogP contribution in [0.2, 0.25) is 0 Å². The fraction of sp³-hybridized carbons (Fsp3) is 0.444. The Hall–Kier alpha value is -1.82. The van der Waals surface area contributed by atoms with Gasteiger partial charge in [-0.15, -0.1) is 24.0 Å². The molecule has 1 N–H and O–H groups in total. The van der Waals surface area contributed by atoms with Gasteiger partial charge in [-0.25, -0.2) is 0 Å². The number of hydrogen-bond donors (Lipinski definition) is 1. The fourth-order valence-corrected chi connectivity index (χ4v) is 3.02. The molecule has 1 atom stereocenters. The number of rotatable bonds is 3. The molecular formula is C18H23F3IN5O. The largest absolute Gasteiger partial charge is 0.416 e. The Labute approximate surface area is 178 Å². The Balaban J connectivity index is 0.00000280. The van der Waals surface area contributed by atoms with Crippen LogP contribution in [-0.4, -0.2) is 47.4 Å². The third-order valence-electron chi connectivity index (χ3n) is 4.38. The van der Waals surface area contributed by atoms with Crippen molar-refractivity contribution in [2.45, 2.75) is 18.8 Å². The molecular weight excluding hydrogens is 486 g/mol. The van der Waals surface area contributed by atoms with Gasteiger partial charge in [-0.2, -0.15) is 18.3 Å². The molecule has 28 heavy (non-hydrogen) atoms. The molecule has 0 aliphatic carbocycles. The van der Waals surface area contributed by atoms with Crippen LogP contribution in [0.3, 0.4) is 0 Å². The van der Waals surface area contributed by atoms with Crippen molar-refractivity contribution in [1.29, 1.82) is 0 Å². The highest BCUT2D eigenvalue weighted by Crippen LogP contribution is 2.29. The summed E-state index contributed by atoms with van der Waals surface area (Å²) in [6.07, 6.45) is -0.793. The molecule has 1 fully saturated rings. The topological polar surface area (TPSA) is 54.7 Å². The Morgan fingerprint density at radius 3 is 2.82 bits per heavy atom. The molecule has 10 heteroatoms. The predicted octanol–water partition coefficient (Wildman–Crippen LogP) is 3.21. The van der Waals surface area contributed by atoms with Crippen LogP contribution in [0.15, 0.2) is 41.7 Å². The zero-order valence-corrected chi connectivity index (χ0v) is 17.9. The summed E-state index contributed by atoms with van der Waals surface area (Å²) >= 11 is 0. The first-order valence-corrected chi connectivity index (χ1v) is 8.58. The SMILES string of the molecule is CN=C(NCc1cccc(C(F)(F)F)c1)N1CCOC(c2cnn(C)c2)C1.I. The van der Waals surface area contributed by atoms with Gasteiger partial charge in [0.1, 0.15) is 6.10 Å². The third kappa shape index (κ3) is 5.60. The van der Waals surface area contributed by atoms with Gasteiger partial charge in [-0.05, 0) is 17.7 Å². The molecule has 1 aliphatic rings. The average Bonchev–Trinajstić information content (AvgIpc) is 3.09. The first-order chi connectivity index (χ1) is 12.9. The summed E-state index contributed by atoms with van der Waals surface area (Å²) in [6.45, 7) is 2.03. The lowest BCUT2D eigenvalue weighted by atomic mass is 10.1. The molecule has 0 bridgehead atoms. The Morgan fingerprint density at radius 1 is 1.39 bits per heavy atom. The molecule has 6 nitrogen and oxygen atoms in total. The molecule has 0 amide bonds. The van der Waals surface area contributed by atoms with Crippen molar-refractivity contribution in [1.82, 2.24) is 20.0 Å². The van der Waals surface area contributed by atoms with Crippen LogP contribution in [0, 0.1) is 0 Å². The number of benzene rings is 1. The second-order valence-corrected chi connectivity index (χ2v) is 6.35. The van der Waals surface area contributed by atoms with Gasteiger partial charge < -0.3 is 15.0 Å². The first-order valence-electron chi connectivity index (χ1n) is 8.58. The van der Waals surface area contributed by atoms with E-state index >= 15 is 0 Å². The van der Waals surface area contributed by atoms with E-state index in [2.05, 4.69) is 15.4 Å². The van der Waals surface area contributed by atoms with Gasteiger partial charge in [-0.1, -0.05) is 12.1 Å². The lowest BCUT2D eigenvalue weighted by Gasteiger charge is -2.34.